The Labute approximate surface area is 209 Å². The summed E-state index contributed by atoms with van der Waals surface area (Å²) < 4.78 is 2.60. The molecule has 34 heavy (non-hydrogen) atoms. The average molecular weight is 485 g/mol. The summed E-state index contributed by atoms with van der Waals surface area (Å²) in [7, 11) is 0. The van der Waals surface area contributed by atoms with Crippen LogP contribution in [0.1, 0.15) is 27.7 Å². The van der Waals surface area contributed by atoms with Crippen LogP contribution in [-0.4, -0.2) is 182 Å². The third-order valence-electron chi connectivity index (χ3n) is 9.32. The van der Waals surface area contributed by atoms with Crippen LogP contribution in [0.15, 0.2) is 0 Å². The van der Waals surface area contributed by atoms with Gasteiger partial charge in [-0.05, 0) is 26.2 Å². The summed E-state index contributed by atoms with van der Waals surface area (Å²) >= 11 is 0. The molecule has 2 N–H and O–H groups in total. The van der Waals surface area contributed by atoms with Crippen molar-refractivity contribution in [3.05, 3.63) is 0 Å². The lowest BCUT2D eigenvalue weighted by molar-refractivity contribution is -1.03. The molecule has 2 unspecified atom stereocenters. The number of likely N-dealkylation sites (N-methyl/N-ethyl adjacent to an activating group) is 2. The molecule has 2 atom stereocenters. The maximum absolute atomic E-state index is 10.5. The summed E-state index contributed by atoms with van der Waals surface area (Å²) in [5.74, 6) is 0. The summed E-state index contributed by atoms with van der Waals surface area (Å²) in [4.78, 5) is 9.64. The molecule has 3 rings (SSSR count). The van der Waals surface area contributed by atoms with Crippen molar-refractivity contribution in [3.63, 3.8) is 0 Å². The number of aliphatic hydroxyl groups is 2. The van der Waals surface area contributed by atoms with Gasteiger partial charge in [0.05, 0.1) is 38.4 Å². The minimum atomic E-state index is -0.233. The fourth-order valence-electron chi connectivity index (χ4n) is 6.46. The lowest BCUT2D eigenvalue weighted by Gasteiger charge is -2.54. The van der Waals surface area contributed by atoms with E-state index >= 15 is 0 Å². The third kappa shape index (κ3) is 7.84. The highest BCUT2D eigenvalue weighted by Crippen LogP contribution is 2.24. The largest absolute Gasteiger partial charge is 0.390 e. The first kappa shape index (κ1) is 28.3. The van der Waals surface area contributed by atoms with Gasteiger partial charge in [0.1, 0.15) is 26.2 Å². The van der Waals surface area contributed by atoms with Crippen molar-refractivity contribution >= 4 is 0 Å². The standard InChI is InChI=1S/C26H56N6O2/c1-5-27(6-2)21-25(33)23-29-9-13-31(14-10-29)17-19-32(20-18-31)15-11-30(12-16-32)24-26(34)22-28(7-3)8-4/h25-26,33-34H,5-24H2,1-4H3/q+2. The second-order valence-electron chi connectivity index (χ2n) is 11.4. The van der Waals surface area contributed by atoms with Crippen molar-refractivity contribution in [3.8, 4) is 0 Å². The fourth-order valence-corrected chi connectivity index (χ4v) is 6.46. The molecule has 0 aromatic rings. The molecular formula is C26H56N6O2+2. The molecule has 0 saturated carbocycles. The van der Waals surface area contributed by atoms with Crippen LogP contribution in [-0.2, 0) is 0 Å². The van der Waals surface area contributed by atoms with E-state index in [1.54, 1.807) is 0 Å². The number of hydrogen-bond donors (Lipinski definition) is 2. The smallest absolute Gasteiger partial charge is 0.129 e. The summed E-state index contributed by atoms with van der Waals surface area (Å²) in [5.41, 5.74) is 0. The van der Waals surface area contributed by atoms with Gasteiger partial charge < -0.3 is 29.0 Å². The van der Waals surface area contributed by atoms with Crippen molar-refractivity contribution in [1.29, 1.82) is 0 Å². The molecule has 200 valence electrons. The number of aliphatic hydroxyl groups excluding tert-OH is 2. The lowest BCUT2D eigenvalue weighted by Crippen LogP contribution is -2.73. The Morgan fingerprint density at radius 3 is 1.12 bits per heavy atom. The molecule has 0 radical (unpaired) electrons. The zero-order chi connectivity index (χ0) is 24.6. The fraction of sp³-hybridized carbons (Fsp3) is 1.00. The second kappa shape index (κ2) is 13.3. The van der Waals surface area contributed by atoms with Crippen molar-refractivity contribution in [2.75, 3.05) is 131 Å². The third-order valence-corrected chi connectivity index (χ3v) is 9.32. The van der Waals surface area contributed by atoms with Gasteiger partial charge in [0.2, 0.25) is 0 Å². The van der Waals surface area contributed by atoms with Gasteiger partial charge in [0, 0.05) is 52.4 Å². The summed E-state index contributed by atoms with van der Waals surface area (Å²) in [6, 6.07) is 0. The van der Waals surface area contributed by atoms with Crippen LogP contribution >= 0.6 is 0 Å². The van der Waals surface area contributed by atoms with Crippen LogP contribution in [0.5, 0.6) is 0 Å². The molecule has 0 amide bonds. The van der Waals surface area contributed by atoms with Crippen LogP contribution in [0.2, 0.25) is 0 Å². The van der Waals surface area contributed by atoms with Gasteiger partial charge in [-0.15, -0.1) is 0 Å². The molecule has 0 aromatic carbocycles. The van der Waals surface area contributed by atoms with Crippen molar-refractivity contribution in [1.82, 2.24) is 19.6 Å². The summed E-state index contributed by atoms with van der Waals surface area (Å²) in [6.07, 6.45) is -0.466. The molecule has 0 bridgehead atoms. The lowest BCUT2D eigenvalue weighted by atomic mass is 10.1. The SMILES string of the molecule is CCN(CC)CC(O)CN1CC[N+]2(CC1)CC[N+]1(CCN(CC(O)CN(CC)CC)CC1)CC2. The van der Waals surface area contributed by atoms with E-state index in [1.165, 1.54) is 61.3 Å². The van der Waals surface area contributed by atoms with E-state index in [4.69, 9.17) is 0 Å². The Kier molecular flexibility index (Phi) is 11.0. The highest BCUT2D eigenvalue weighted by molar-refractivity contribution is 4.75. The Bertz CT molecular complexity index is 508. The molecule has 2 spiro atoms. The monoisotopic (exact) mass is 484 g/mol. The van der Waals surface area contributed by atoms with Crippen LogP contribution < -0.4 is 0 Å². The molecule has 8 heteroatoms. The quantitative estimate of drug-likeness (QED) is 0.370. The number of piperazine rings is 3. The van der Waals surface area contributed by atoms with Gasteiger partial charge in [-0.3, -0.25) is 9.80 Å². The minimum Gasteiger partial charge on any atom is -0.390 e. The van der Waals surface area contributed by atoms with Crippen LogP contribution in [0, 0.1) is 0 Å². The van der Waals surface area contributed by atoms with Crippen LogP contribution in [0.25, 0.3) is 0 Å². The first-order valence-corrected chi connectivity index (χ1v) is 14.3. The number of quaternary nitrogens is 2. The Hall–Kier alpha value is -0.320. The molecular weight excluding hydrogens is 428 g/mol. The van der Waals surface area contributed by atoms with Gasteiger partial charge in [0.15, 0.2) is 0 Å². The first-order valence-electron chi connectivity index (χ1n) is 14.3. The topological polar surface area (TPSA) is 53.4 Å². The highest BCUT2D eigenvalue weighted by Gasteiger charge is 2.45. The predicted octanol–water partition coefficient (Wildman–Crippen LogP) is -0.330. The van der Waals surface area contributed by atoms with E-state index in [1.807, 2.05) is 0 Å². The molecule has 0 aliphatic carbocycles. The highest BCUT2D eigenvalue weighted by atomic mass is 16.3. The van der Waals surface area contributed by atoms with Gasteiger partial charge in [0.25, 0.3) is 0 Å². The number of β-amino-alcohol motifs (C(OH)–C–C–N with tert-alkyl or cyclic N) is 2. The number of nitrogens with zero attached hydrogens (tertiary/aromatic N) is 6. The van der Waals surface area contributed by atoms with Gasteiger partial charge in [-0.25, -0.2) is 0 Å². The Balaban J connectivity index is 1.36. The Morgan fingerprint density at radius 2 is 0.853 bits per heavy atom. The summed E-state index contributed by atoms with van der Waals surface area (Å²) in [5, 5.41) is 21.1. The van der Waals surface area contributed by atoms with E-state index in [9.17, 15) is 10.2 Å². The average Bonchev–Trinajstić information content (AvgIpc) is 2.86. The van der Waals surface area contributed by atoms with Gasteiger partial charge in [-0.2, -0.15) is 0 Å². The number of hydrogen-bond acceptors (Lipinski definition) is 6. The second-order valence-corrected chi connectivity index (χ2v) is 11.4. The normalized spacial score (nSPS) is 25.4. The molecule has 8 nitrogen and oxygen atoms in total. The predicted molar refractivity (Wildman–Crippen MR) is 140 cm³/mol. The van der Waals surface area contributed by atoms with E-state index in [-0.39, 0.29) is 12.2 Å². The van der Waals surface area contributed by atoms with Gasteiger partial charge >= 0.3 is 0 Å². The van der Waals surface area contributed by atoms with Crippen LogP contribution in [0.4, 0.5) is 0 Å². The van der Waals surface area contributed by atoms with E-state index in [2.05, 4.69) is 47.3 Å². The van der Waals surface area contributed by atoms with Crippen molar-refractivity contribution in [2.45, 2.75) is 39.9 Å². The number of rotatable bonds is 12. The first-order chi connectivity index (χ1) is 16.3. The van der Waals surface area contributed by atoms with Gasteiger partial charge in [-0.1, -0.05) is 27.7 Å². The van der Waals surface area contributed by atoms with Crippen LogP contribution in [0.3, 0.4) is 0 Å². The summed E-state index contributed by atoms with van der Waals surface area (Å²) in [6.45, 7) is 30.8. The maximum atomic E-state index is 10.5. The van der Waals surface area contributed by atoms with Crippen molar-refractivity contribution in [2.24, 2.45) is 0 Å². The zero-order valence-corrected chi connectivity index (χ0v) is 22.9. The minimum absolute atomic E-state index is 0.233. The van der Waals surface area contributed by atoms with E-state index in [0.29, 0.717) is 0 Å². The maximum Gasteiger partial charge on any atom is 0.129 e. The van der Waals surface area contributed by atoms with E-state index in [0.717, 1.165) is 78.5 Å². The molecule has 0 aromatic heterocycles. The Morgan fingerprint density at radius 1 is 0.559 bits per heavy atom. The molecule has 3 heterocycles. The molecule has 3 fully saturated rings. The molecule has 3 saturated heterocycles. The molecule has 3 aliphatic heterocycles. The zero-order valence-electron chi connectivity index (χ0n) is 22.9. The molecule has 3 aliphatic rings. The van der Waals surface area contributed by atoms with Crippen molar-refractivity contribution < 1.29 is 19.2 Å². The van der Waals surface area contributed by atoms with E-state index < -0.39 is 0 Å².